The third kappa shape index (κ3) is 2.48. The van der Waals surface area contributed by atoms with Crippen molar-refractivity contribution in [2.24, 2.45) is 0 Å². The number of phenols is 1. The molecule has 0 radical (unpaired) electrons. The predicted octanol–water partition coefficient (Wildman–Crippen LogP) is 4.75. The lowest BCUT2D eigenvalue weighted by molar-refractivity contribution is 0.340. The molecule has 0 fully saturated rings. The summed E-state index contributed by atoms with van der Waals surface area (Å²) >= 11 is 0. The van der Waals surface area contributed by atoms with E-state index in [4.69, 9.17) is 9.15 Å². The standard InChI is InChI=1S/C19H15NO3/c1-2-22-16-7-8-17-18(11-16)23-19(20-17)14-4-3-13-10-15(21)6-5-12(13)9-14/h3-11,21H,2H2,1H3. The van der Waals surface area contributed by atoms with Gasteiger partial charge in [-0.05, 0) is 54.1 Å². The Morgan fingerprint density at radius 2 is 1.83 bits per heavy atom. The predicted molar refractivity (Wildman–Crippen MR) is 89.8 cm³/mol. The molecule has 0 unspecified atom stereocenters. The first-order valence-electron chi connectivity index (χ1n) is 7.49. The van der Waals surface area contributed by atoms with E-state index in [-0.39, 0.29) is 5.75 Å². The van der Waals surface area contributed by atoms with E-state index in [0.29, 0.717) is 18.1 Å². The van der Waals surface area contributed by atoms with Gasteiger partial charge in [-0.1, -0.05) is 12.1 Å². The molecule has 0 amide bonds. The zero-order chi connectivity index (χ0) is 15.8. The van der Waals surface area contributed by atoms with Crippen molar-refractivity contribution in [3.63, 3.8) is 0 Å². The first-order valence-corrected chi connectivity index (χ1v) is 7.49. The van der Waals surface area contributed by atoms with Gasteiger partial charge in [-0.2, -0.15) is 0 Å². The van der Waals surface area contributed by atoms with Crippen LogP contribution in [0.15, 0.2) is 59.0 Å². The second-order valence-electron chi connectivity index (χ2n) is 5.33. The molecule has 3 aromatic carbocycles. The highest BCUT2D eigenvalue weighted by atomic mass is 16.5. The highest BCUT2D eigenvalue weighted by molar-refractivity contribution is 5.88. The molecule has 4 aromatic rings. The number of hydrogen-bond donors (Lipinski definition) is 1. The molecule has 0 aliphatic rings. The maximum Gasteiger partial charge on any atom is 0.227 e. The Kier molecular flexibility index (Phi) is 3.15. The minimum absolute atomic E-state index is 0.260. The molecule has 1 N–H and O–H groups in total. The molecule has 0 spiro atoms. The molecule has 0 bridgehead atoms. The largest absolute Gasteiger partial charge is 0.508 e. The van der Waals surface area contributed by atoms with Crippen molar-refractivity contribution in [2.75, 3.05) is 6.61 Å². The fourth-order valence-electron chi connectivity index (χ4n) is 2.65. The van der Waals surface area contributed by atoms with E-state index in [1.54, 1.807) is 12.1 Å². The van der Waals surface area contributed by atoms with Crippen molar-refractivity contribution in [1.29, 1.82) is 0 Å². The smallest absolute Gasteiger partial charge is 0.227 e. The number of fused-ring (bicyclic) bond motifs is 2. The van der Waals surface area contributed by atoms with Crippen molar-refractivity contribution in [2.45, 2.75) is 6.92 Å². The van der Waals surface area contributed by atoms with Gasteiger partial charge in [0.15, 0.2) is 5.58 Å². The Morgan fingerprint density at radius 1 is 1.00 bits per heavy atom. The van der Waals surface area contributed by atoms with E-state index in [9.17, 15) is 5.11 Å². The number of nitrogens with zero attached hydrogens (tertiary/aromatic N) is 1. The maximum atomic E-state index is 9.54. The van der Waals surface area contributed by atoms with Crippen LogP contribution in [0, 0.1) is 0 Å². The summed E-state index contributed by atoms with van der Waals surface area (Å²) in [6, 6.07) is 16.8. The van der Waals surface area contributed by atoms with Gasteiger partial charge in [0.05, 0.1) is 6.61 Å². The SMILES string of the molecule is CCOc1ccc2nc(-c3ccc4cc(O)ccc4c3)oc2c1. The van der Waals surface area contributed by atoms with Gasteiger partial charge in [0.1, 0.15) is 17.0 Å². The summed E-state index contributed by atoms with van der Waals surface area (Å²) < 4.78 is 11.4. The molecule has 23 heavy (non-hydrogen) atoms. The highest BCUT2D eigenvalue weighted by Crippen LogP contribution is 2.30. The monoisotopic (exact) mass is 305 g/mol. The summed E-state index contributed by atoms with van der Waals surface area (Å²) in [6.07, 6.45) is 0. The molecule has 4 nitrogen and oxygen atoms in total. The zero-order valence-electron chi connectivity index (χ0n) is 12.6. The quantitative estimate of drug-likeness (QED) is 0.593. The lowest BCUT2D eigenvalue weighted by Crippen LogP contribution is -1.90. The van der Waals surface area contributed by atoms with Gasteiger partial charge < -0.3 is 14.3 Å². The van der Waals surface area contributed by atoms with Crippen LogP contribution >= 0.6 is 0 Å². The van der Waals surface area contributed by atoms with Crippen LogP contribution < -0.4 is 4.74 Å². The van der Waals surface area contributed by atoms with Gasteiger partial charge in [-0.25, -0.2) is 4.98 Å². The second kappa shape index (κ2) is 5.32. The van der Waals surface area contributed by atoms with Crippen LogP contribution in [0.4, 0.5) is 0 Å². The lowest BCUT2D eigenvalue weighted by Gasteiger charge is -2.01. The number of benzene rings is 3. The van der Waals surface area contributed by atoms with Crippen LogP contribution in [0.1, 0.15) is 6.92 Å². The van der Waals surface area contributed by atoms with Gasteiger partial charge in [0, 0.05) is 11.6 Å². The van der Waals surface area contributed by atoms with E-state index in [2.05, 4.69) is 4.98 Å². The van der Waals surface area contributed by atoms with E-state index in [1.165, 1.54) is 0 Å². The van der Waals surface area contributed by atoms with Crippen LogP contribution in [-0.2, 0) is 0 Å². The van der Waals surface area contributed by atoms with Crippen molar-refractivity contribution in [3.8, 4) is 23.0 Å². The van der Waals surface area contributed by atoms with Gasteiger partial charge >= 0.3 is 0 Å². The summed E-state index contributed by atoms with van der Waals surface area (Å²) in [6.45, 7) is 2.56. The maximum absolute atomic E-state index is 9.54. The van der Waals surface area contributed by atoms with Gasteiger partial charge in [0.2, 0.25) is 5.89 Å². The van der Waals surface area contributed by atoms with E-state index >= 15 is 0 Å². The molecule has 1 heterocycles. The van der Waals surface area contributed by atoms with Crippen molar-refractivity contribution >= 4 is 21.9 Å². The topological polar surface area (TPSA) is 55.5 Å². The average Bonchev–Trinajstić information content (AvgIpc) is 2.98. The minimum Gasteiger partial charge on any atom is -0.508 e. The Balaban J connectivity index is 1.80. The fourth-order valence-corrected chi connectivity index (χ4v) is 2.65. The molecular weight excluding hydrogens is 290 g/mol. The molecule has 4 rings (SSSR count). The second-order valence-corrected chi connectivity index (χ2v) is 5.33. The minimum atomic E-state index is 0.260. The fraction of sp³-hybridized carbons (Fsp3) is 0.105. The van der Waals surface area contributed by atoms with Crippen molar-refractivity contribution in [3.05, 3.63) is 54.6 Å². The summed E-state index contributed by atoms with van der Waals surface area (Å²) in [5.41, 5.74) is 2.41. The molecule has 0 aliphatic carbocycles. The van der Waals surface area contributed by atoms with Gasteiger partial charge in [0.25, 0.3) is 0 Å². The van der Waals surface area contributed by atoms with Crippen LogP contribution in [-0.4, -0.2) is 16.7 Å². The van der Waals surface area contributed by atoms with E-state index < -0.39 is 0 Å². The number of ether oxygens (including phenoxy) is 1. The molecule has 0 aliphatic heterocycles. The first-order chi connectivity index (χ1) is 11.2. The summed E-state index contributed by atoms with van der Waals surface area (Å²) in [7, 11) is 0. The van der Waals surface area contributed by atoms with Gasteiger partial charge in [-0.3, -0.25) is 0 Å². The van der Waals surface area contributed by atoms with Crippen LogP contribution in [0.2, 0.25) is 0 Å². The molecule has 0 saturated heterocycles. The molecule has 1 aromatic heterocycles. The Morgan fingerprint density at radius 3 is 2.70 bits per heavy atom. The molecular formula is C19H15NO3. The third-order valence-corrected chi connectivity index (χ3v) is 3.74. The molecule has 0 saturated carbocycles. The number of phenolic OH excluding ortho intramolecular Hbond substituents is 1. The summed E-state index contributed by atoms with van der Waals surface area (Å²) in [4.78, 5) is 4.54. The van der Waals surface area contributed by atoms with Crippen LogP contribution in [0.5, 0.6) is 11.5 Å². The summed E-state index contributed by atoms with van der Waals surface area (Å²) in [5.74, 6) is 1.61. The van der Waals surface area contributed by atoms with Crippen LogP contribution in [0.25, 0.3) is 33.3 Å². The molecule has 4 heteroatoms. The van der Waals surface area contributed by atoms with Crippen molar-refractivity contribution in [1.82, 2.24) is 4.98 Å². The summed E-state index contributed by atoms with van der Waals surface area (Å²) in [5, 5.41) is 11.5. The Hall–Kier alpha value is -3.01. The zero-order valence-corrected chi connectivity index (χ0v) is 12.6. The van der Waals surface area contributed by atoms with Gasteiger partial charge in [-0.15, -0.1) is 0 Å². The highest BCUT2D eigenvalue weighted by Gasteiger charge is 2.10. The Labute approximate surface area is 133 Å². The van der Waals surface area contributed by atoms with Crippen LogP contribution in [0.3, 0.4) is 0 Å². The lowest BCUT2D eigenvalue weighted by atomic mass is 10.1. The van der Waals surface area contributed by atoms with E-state index in [1.807, 2.05) is 49.4 Å². The third-order valence-electron chi connectivity index (χ3n) is 3.74. The van der Waals surface area contributed by atoms with Crippen molar-refractivity contribution < 1.29 is 14.3 Å². The number of aromatic nitrogens is 1. The normalized spacial score (nSPS) is 11.2. The molecule has 114 valence electrons. The van der Waals surface area contributed by atoms with E-state index in [0.717, 1.165) is 27.6 Å². The number of rotatable bonds is 3. The molecule has 0 atom stereocenters. The number of aromatic hydroxyl groups is 1. The average molecular weight is 305 g/mol. The number of hydrogen-bond acceptors (Lipinski definition) is 4. The Bertz CT molecular complexity index is 1000. The first kappa shape index (κ1) is 13.6. The number of oxazole rings is 1.